The van der Waals surface area contributed by atoms with Gasteiger partial charge in [0.05, 0.1) is 6.54 Å². The third kappa shape index (κ3) is 3.75. The minimum Gasteiger partial charge on any atom is -0.311 e. The van der Waals surface area contributed by atoms with E-state index in [1.807, 2.05) is 18.2 Å². The Bertz CT molecular complexity index is 887. The highest BCUT2D eigenvalue weighted by atomic mass is 79.9. The molecule has 0 bridgehead atoms. The fourth-order valence-corrected chi connectivity index (χ4v) is 4.36. The number of carbonyl (C=O) groups excluding carboxylic acids is 1. The van der Waals surface area contributed by atoms with Gasteiger partial charge in [-0.3, -0.25) is 9.78 Å². The second kappa shape index (κ2) is 7.23. The van der Waals surface area contributed by atoms with Crippen LogP contribution in [0.2, 0.25) is 0 Å². The maximum atomic E-state index is 12.7. The number of nitrogens with zero attached hydrogens (tertiary/aromatic N) is 3. The van der Waals surface area contributed by atoms with Crippen molar-refractivity contribution in [3.63, 3.8) is 0 Å². The first-order valence-electron chi connectivity index (χ1n) is 7.85. The molecule has 0 N–H and O–H groups in total. The molecule has 3 rings (SSSR count). The lowest BCUT2D eigenvalue weighted by atomic mass is 10.0. The number of hydrogen-bond donors (Lipinski definition) is 0. The summed E-state index contributed by atoms with van der Waals surface area (Å²) in [6.07, 6.45) is 4.55. The van der Waals surface area contributed by atoms with Crippen LogP contribution in [0.3, 0.4) is 0 Å². The van der Waals surface area contributed by atoms with Crippen LogP contribution in [0.5, 0.6) is 0 Å². The summed E-state index contributed by atoms with van der Waals surface area (Å²) in [7, 11) is -2.33. The number of likely N-dealkylation sites (N-methyl/N-ethyl adjacent to an activating group) is 1. The maximum Gasteiger partial charge on any atom is 0.244 e. The zero-order valence-electron chi connectivity index (χ0n) is 13.7. The number of hydrogen-bond acceptors (Lipinski definition) is 4. The van der Waals surface area contributed by atoms with Gasteiger partial charge >= 0.3 is 0 Å². The van der Waals surface area contributed by atoms with Gasteiger partial charge in [-0.25, -0.2) is 8.42 Å². The molecule has 2 heterocycles. The van der Waals surface area contributed by atoms with E-state index in [-0.39, 0.29) is 17.3 Å². The quantitative estimate of drug-likeness (QED) is 0.756. The van der Waals surface area contributed by atoms with Crippen molar-refractivity contribution >= 4 is 37.5 Å². The topological polar surface area (TPSA) is 70.6 Å². The summed E-state index contributed by atoms with van der Waals surface area (Å²) in [6.45, 7) is 0.376. The van der Waals surface area contributed by atoms with Crippen molar-refractivity contribution in [2.45, 2.75) is 17.7 Å². The van der Waals surface area contributed by atoms with Gasteiger partial charge in [-0.2, -0.15) is 4.31 Å². The van der Waals surface area contributed by atoms with E-state index in [1.165, 1.54) is 25.5 Å². The number of aryl methyl sites for hydroxylation is 1. The third-order valence-electron chi connectivity index (χ3n) is 4.16. The molecule has 8 heteroatoms. The number of aromatic nitrogens is 1. The normalized spacial score (nSPS) is 14.4. The summed E-state index contributed by atoms with van der Waals surface area (Å²) in [5, 5.41) is 0. The molecule has 1 aromatic heterocycles. The Balaban J connectivity index is 1.79. The van der Waals surface area contributed by atoms with Crippen molar-refractivity contribution in [2.24, 2.45) is 0 Å². The lowest BCUT2D eigenvalue weighted by Crippen LogP contribution is -2.43. The van der Waals surface area contributed by atoms with E-state index < -0.39 is 10.0 Å². The number of sulfonamides is 1. The Labute approximate surface area is 155 Å². The summed E-state index contributed by atoms with van der Waals surface area (Å²) in [5.41, 5.74) is 1.94. The molecule has 132 valence electrons. The van der Waals surface area contributed by atoms with Crippen LogP contribution in [0.4, 0.5) is 5.69 Å². The number of amides is 1. The number of carbonyl (C=O) groups is 1. The molecule has 1 aliphatic heterocycles. The van der Waals surface area contributed by atoms with E-state index >= 15 is 0 Å². The fourth-order valence-electron chi connectivity index (χ4n) is 2.87. The lowest BCUT2D eigenvalue weighted by molar-refractivity contribution is -0.118. The predicted octanol–water partition coefficient (Wildman–Crippen LogP) is 2.44. The third-order valence-corrected chi connectivity index (χ3v) is 6.44. The van der Waals surface area contributed by atoms with Gasteiger partial charge < -0.3 is 4.90 Å². The van der Waals surface area contributed by atoms with Crippen molar-refractivity contribution < 1.29 is 13.2 Å². The zero-order chi connectivity index (χ0) is 18.0. The summed E-state index contributed by atoms with van der Waals surface area (Å²) in [5.74, 6) is -0.238. The van der Waals surface area contributed by atoms with Crippen LogP contribution in [0.1, 0.15) is 12.0 Å². The lowest BCUT2D eigenvalue weighted by Gasteiger charge is -2.31. The molecule has 0 spiro atoms. The highest BCUT2D eigenvalue weighted by Crippen LogP contribution is 2.30. The van der Waals surface area contributed by atoms with Gasteiger partial charge in [0.25, 0.3) is 0 Å². The average molecular weight is 424 g/mol. The molecule has 1 aliphatic rings. The van der Waals surface area contributed by atoms with Gasteiger partial charge in [-0.15, -0.1) is 0 Å². The first kappa shape index (κ1) is 18.0. The molecule has 0 radical (unpaired) electrons. The monoisotopic (exact) mass is 423 g/mol. The van der Waals surface area contributed by atoms with Gasteiger partial charge in [0, 0.05) is 36.1 Å². The Morgan fingerprint density at radius 2 is 2.16 bits per heavy atom. The first-order valence-corrected chi connectivity index (χ1v) is 10.1. The first-order chi connectivity index (χ1) is 11.9. The van der Waals surface area contributed by atoms with E-state index in [1.54, 1.807) is 11.0 Å². The molecule has 0 saturated heterocycles. The van der Waals surface area contributed by atoms with Gasteiger partial charge in [0.15, 0.2) is 0 Å². The number of halogens is 1. The standard InChI is InChI=1S/C17H18BrN3O3S/c1-20(25(23,24)15-5-2-8-19-11-15)12-17(22)21-9-3-4-13-10-14(18)6-7-16(13)21/h2,5-8,10-11H,3-4,9,12H2,1H3. The number of pyridine rings is 1. The summed E-state index contributed by atoms with van der Waals surface area (Å²) >= 11 is 3.44. The van der Waals surface area contributed by atoms with Gasteiger partial charge in [0.2, 0.25) is 15.9 Å². The second-order valence-corrected chi connectivity index (χ2v) is 8.83. The van der Waals surface area contributed by atoms with Crippen molar-refractivity contribution in [2.75, 3.05) is 25.0 Å². The molecule has 0 fully saturated rings. The molecule has 0 unspecified atom stereocenters. The second-order valence-electron chi connectivity index (χ2n) is 5.87. The molecule has 0 saturated carbocycles. The average Bonchev–Trinajstić information content (AvgIpc) is 2.61. The van der Waals surface area contributed by atoms with Crippen molar-refractivity contribution in [3.8, 4) is 0 Å². The molecule has 2 aromatic rings. The molecule has 0 aliphatic carbocycles. The number of fused-ring (bicyclic) bond motifs is 1. The summed E-state index contributed by atoms with van der Waals surface area (Å²) < 4.78 is 27.1. The minimum absolute atomic E-state index is 0.0771. The van der Waals surface area contributed by atoms with E-state index in [4.69, 9.17) is 0 Å². The molecule has 1 amide bonds. The molecule has 1 aromatic carbocycles. The van der Waals surface area contributed by atoms with Gasteiger partial charge in [0.1, 0.15) is 4.90 Å². The fraction of sp³-hybridized carbons (Fsp3) is 0.294. The Hall–Kier alpha value is -1.77. The van der Waals surface area contributed by atoms with Crippen LogP contribution < -0.4 is 4.90 Å². The highest BCUT2D eigenvalue weighted by molar-refractivity contribution is 9.10. The van der Waals surface area contributed by atoms with E-state index in [0.717, 1.165) is 32.9 Å². The van der Waals surface area contributed by atoms with Crippen LogP contribution in [0.15, 0.2) is 52.1 Å². The van der Waals surface area contributed by atoms with Crippen molar-refractivity contribution in [1.82, 2.24) is 9.29 Å². The van der Waals surface area contributed by atoms with Crippen molar-refractivity contribution in [3.05, 3.63) is 52.8 Å². The summed E-state index contributed by atoms with van der Waals surface area (Å²) in [4.78, 5) is 18.3. The van der Waals surface area contributed by atoms with Crippen LogP contribution in [0, 0.1) is 0 Å². The number of benzene rings is 1. The molecular formula is C17H18BrN3O3S. The van der Waals surface area contributed by atoms with Crippen molar-refractivity contribution in [1.29, 1.82) is 0 Å². The molecular weight excluding hydrogens is 406 g/mol. The van der Waals surface area contributed by atoms with Crippen LogP contribution >= 0.6 is 15.9 Å². The minimum atomic E-state index is -3.74. The maximum absolute atomic E-state index is 12.7. The SMILES string of the molecule is CN(CC(=O)N1CCCc2cc(Br)ccc21)S(=O)(=O)c1cccnc1. The summed E-state index contributed by atoms with van der Waals surface area (Å²) in [6, 6.07) is 8.82. The van der Waals surface area contributed by atoms with Crippen LogP contribution in [-0.4, -0.2) is 43.8 Å². The number of anilines is 1. The molecule has 0 atom stereocenters. The van der Waals surface area contributed by atoms with Crippen LogP contribution in [0.25, 0.3) is 0 Å². The smallest absolute Gasteiger partial charge is 0.244 e. The van der Waals surface area contributed by atoms with Gasteiger partial charge in [-0.1, -0.05) is 15.9 Å². The van der Waals surface area contributed by atoms with E-state index in [0.29, 0.717) is 6.54 Å². The Kier molecular flexibility index (Phi) is 5.21. The number of rotatable bonds is 4. The molecule has 25 heavy (non-hydrogen) atoms. The Morgan fingerprint density at radius 1 is 1.36 bits per heavy atom. The molecule has 6 nitrogen and oxygen atoms in total. The van der Waals surface area contributed by atoms with E-state index in [2.05, 4.69) is 20.9 Å². The van der Waals surface area contributed by atoms with Crippen LogP contribution in [-0.2, 0) is 21.2 Å². The highest BCUT2D eigenvalue weighted by Gasteiger charge is 2.28. The van der Waals surface area contributed by atoms with E-state index in [9.17, 15) is 13.2 Å². The van der Waals surface area contributed by atoms with Gasteiger partial charge in [-0.05, 0) is 48.7 Å². The largest absolute Gasteiger partial charge is 0.311 e. The Morgan fingerprint density at radius 3 is 2.88 bits per heavy atom. The predicted molar refractivity (Wildman–Crippen MR) is 98.9 cm³/mol. The zero-order valence-corrected chi connectivity index (χ0v) is 16.1.